The van der Waals surface area contributed by atoms with Gasteiger partial charge >= 0.3 is 0 Å². The first kappa shape index (κ1) is 20.9. The normalized spacial score (nSPS) is 24.6. The van der Waals surface area contributed by atoms with Crippen LogP contribution in [0.2, 0.25) is 10.0 Å². The molecule has 2 aromatic carbocycles. The Bertz CT molecular complexity index is 746. The third-order valence-electron chi connectivity index (χ3n) is 5.47. The van der Waals surface area contributed by atoms with Gasteiger partial charge in [-0.25, -0.2) is 0 Å². The molecule has 6 heteroatoms. The molecule has 0 radical (unpaired) electrons. The van der Waals surface area contributed by atoms with Crippen LogP contribution in [0.15, 0.2) is 42.5 Å². The SMILES string of the molecule is Cl.N[C@@H]1CCN(CCN[C@H]2CC2c2ccc(-c3cc(Cl)cc(Cl)c3)cc2)C1. The van der Waals surface area contributed by atoms with Crippen LogP contribution in [-0.4, -0.2) is 43.2 Å². The summed E-state index contributed by atoms with van der Waals surface area (Å²) >= 11 is 12.2. The summed E-state index contributed by atoms with van der Waals surface area (Å²) in [6.45, 7) is 4.34. The second kappa shape index (κ2) is 9.13. The molecule has 3 atom stereocenters. The van der Waals surface area contributed by atoms with Crippen LogP contribution < -0.4 is 11.1 Å². The van der Waals surface area contributed by atoms with E-state index >= 15 is 0 Å². The highest BCUT2D eigenvalue weighted by Gasteiger charge is 2.37. The molecular formula is C21H26Cl3N3. The fourth-order valence-electron chi connectivity index (χ4n) is 3.91. The highest BCUT2D eigenvalue weighted by molar-refractivity contribution is 6.35. The zero-order chi connectivity index (χ0) is 18.1. The third kappa shape index (κ3) is 5.38. The lowest BCUT2D eigenvalue weighted by Gasteiger charge is -2.15. The highest BCUT2D eigenvalue weighted by atomic mass is 35.5. The smallest absolute Gasteiger partial charge is 0.0426 e. The maximum atomic E-state index is 6.11. The van der Waals surface area contributed by atoms with Gasteiger partial charge in [-0.15, -0.1) is 12.4 Å². The first-order valence-electron chi connectivity index (χ1n) is 9.36. The predicted octanol–water partition coefficient (Wildman–Crippen LogP) is 4.56. The summed E-state index contributed by atoms with van der Waals surface area (Å²) in [5.74, 6) is 0.632. The Morgan fingerprint density at radius 1 is 1.04 bits per heavy atom. The van der Waals surface area contributed by atoms with E-state index in [-0.39, 0.29) is 12.4 Å². The van der Waals surface area contributed by atoms with Crippen LogP contribution >= 0.6 is 35.6 Å². The van der Waals surface area contributed by atoms with E-state index < -0.39 is 0 Å². The Hall–Kier alpha value is -0.810. The lowest BCUT2D eigenvalue weighted by atomic mass is 10.0. The number of halogens is 3. The quantitative estimate of drug-likeness (QED) is 0.711. The molecule has 2 fully saturated rings. The summed E-state index contributed by atoms with van der Waals surface area (Å²) in [7, 11) is 0. The van der Waals surface area contributed by atoms with Gasteiger partial charge in [0, 0.05) is 47.7 Å². The van der Waals surface area contributed by atoms with Crippen molar-refractivity contribution in [3.63, 3.8) is 0 Å². The van der Waals surface area contributed by atoms with Crippen LogP contribution in [0.1, 0.15) is 24.3 Å². The van der Waals surface area contributed by atoms with Gasteiger partial charge in [0.25, 0.3) is 0 Å². The largest absolute Gasteiger partial charge is 0.326 e. The van der Waals surface area contributed by atoms with Crippen molar-refractivity contribution < 1.29 is 0 Å². The van der Waals surface area contributed by atoms with Gasteiger partial charge in [0.2, 0.25) is 0 Å². The molecule has 1 unspecified atom stereocenters. The molecule has 0 amide bonds. The predicted molar refractivity (Wildman–Crippen MR) is 117 cm³/mol. The molecule has 0 aromatic heterocycles. The maximum absolute atomic E-state index is 6.11. The molecule has 0 bridgehead atoms. The summed E-state index contributed by atoms with van der Waals surface area (Å²) in [6.07, 6.45) is 2.36. The number of benzene rings is 2. The van der Waals surface area contributed by atoms with Crippen molar-refractivity contribution in [2.45, 2.75) is 30.8 Å². The molecule has 0 spiro atoms. The number of nitrogens with two attached hydrogens (primary N) is 1. The minimum absolute atomic E-state index is 0. The number of nitrogens with one attached hydrogen (secondary N) is 1. The van der Waals surface area contributed by atoms with Gasteiger partial charge in [-0.3, -0.25) is 0 Å². The van der Waals surface area contributed by atoms with Crippen LogP contribution in [0.5, 0.6) is 0 Å². The Morgan fingerprint density at radius 2 is 1.74 bits per heavy atom. The second-order valence-electron chi connectivity index (χ2n) is 7.53. The number of rotatable bonds is 6. The van der Waals surface area contributed by atoms with Crippen molar-refractivity contribution in [2.24, 2.45) is 5.73 Å². The van der Waals surface area contributed by atoms with Crippen molar-refractivity contribution in [3.05, 3.63) is 58.1 Å². The zero-order valence-electron chi connectivity index (χ0n) is 15.2. The minimum Gasteiger partial charge on any atom is -0.326 e. The van der Waals surface area contributed by atoms with E-state index in [1.165, 1.54) is 12.0 Å². The number of hydrogen-bond acceptors (Lipinski definition) is 3. The van der Waals surface area contributed by atoms with Gasteiger partial charge in [0.15, 0.2) is 0 Å². The van der Waals surface area contributed by atoms with E-state index in [2.05, 4.69) is 34.5 Å². The Labute approximate surface area is 177 Å². The topological polar surface area (TPSA) is 41.3 Å². The van der Waals surface area contributed by atoms with Crippen molar-refractivity contribution >= 4 is 35.6 Å². The van der Waals surface area contributed by atoms with Crippen molar-refractivity contribution in [1.29, 1.82) is 0 Å². The molecule has 4 rings (SSSR count). The van der Waals surface area contributed by atoms with E-state index in [1.54, 1.807) is 6.07 Å². The summed E-state index contributed by atoms with van der Waals surface area (Å²) in [5.41, 5.74) is 9.57. The summed E-state index contributed by atoms with van der Waals surface area (Å²) in [4.78, 5) is 2.46. The second-order valence-corrected chi connectivity index (χ2v) is 8.41. The van der Waals surface area contributed by atoms with Crippen molar-refractivity contribution in [1.82, 2.24) is 10.2 Å². The van der Waals surface area contributed by atoms with Crippen LogP contribution in [0, 0.1) is 0 Å². The average molecular weight is 427 g/mol. The molecule has 2 aliphatic rings. The van der Waals surface area contributed by atoms with Crippen molar-refractivity contribution in [3.8, 4) is 11.1 Å². The van der Waals surface area contributed by atoms with E-state index in [0.717, 1.165) is 43.7 Å². The summed E-state index contributed by atoms with van der Waals surface area (Å²) < 4.78 is 0. The van der Waals surface area contributed by atoms with E-state index in [0.29, 0.717) is 28.0 Å². The van der Waals surface area contributed by atoms with Crippen LogP contribution in [0.4, 0.5) is 0 Å². The Kier molecular flexibility index (Phi) is 7.07. The van der Waals surface area contributed by atoms with Crippen LogP contribution in [0.25, 0.3) is 11.1 Å². The minimum atomic E-state index is 0. The van der Waals surface area contributed by atoms with Gasteiger partial charge in [-0.05, 0) is 54.3 Å². The molecule has 146 valence electrons. The van der Waals surface area contributed by atoms with Gasteiger partial charge in [-0.1, -0.05) is 47.5 Å². The molecule has 3 nitrogen and oxygen atoms in total. The number of hydrogen-bond donors (Lipinski definition) is 2. The van der Waals surface area contributed by atoms with Crippen LogP contribution in [-0.2, 0) is 0 Å². The van der Waals surface area contributed by atoms with Gasteiger partial charge in [0.1, 0.15) is 0 Å². The Morgan fingerprint density at radius 3 is 2.37 bits per heavy atom. The molecule has 3 N–H and O–H groups in total. The van der Waals surface area contributed by atoms with E-state index in [4.69, 9.17) is 28.9 Å². The molecule has 1 aliphatic carbocycles. The maximum Gasteiger partial charge on any atom is 0.0426 e. The summed E-state index contributed by atoms with van der Waals surface area (Å²) in [6, 6.07) is 15.4. The molecule has 2 aromatic rings. The standard InChI is InChI=1S/C21H25Cl2N3.ClH/c22-17-9-16(10-18(23)11-17)14-1-3-15(4-2-14)20-12-21(20)25-6-8-26-7-5-19(24)13-26;/h1-4,9-11,19-21,25H,5-8,12-13,24H2;1H/t19-,20?,21+;/m1./s1. The van der Waals surface area contributed by atoms with Gasteiger partial charge < -0.3 is 16.0 Å². The molecule has 1 aliphatic heterocycles. The van der Waals surface area contributed by atoms with Gasteiger partial charge in [0.05, 0.1) is 0 Å². The zero-order valence-corrected chi connectivity index (χ0v) is 17.5. The van der Waals surface area contributed by atoms with Gasteiger partial charge in [-0.2, -0.15) is 0 Å². The summed E-state index contributed by atoms with van der Waals surface area (Å²) in [5, 5.41) is 5.03. The average Bonchev–Trinajstić information content (AvgIpc) is 3.27. The van der Waals surface area contributed by atoms with E-state index in [9.17, 15) is 0 Å². The molecule has 1 heterocycles. The number of likely N-dealkylation sites (tertiary alicyclic amines) is 1. The fourth-order valence-corrected chi connectivity index (χ4v) is 4.43. The first-order chi connectivity index (χ1) is 12.6. The molecular weight excluding hydrogens is 401 g/mol. The van der Waals surface area contributed by atoms with Crippen molar-refractivity contribution in [2.75, 3.05) is 26.2 Å². The fraction of sp³-hybridized carbons (Fsp3) is 0.429. The lowest BCUT2D eigenvalue weighted by Crippen LogP contribution is -2.33. The Balaban J connectivity index is 0.00000210. The first-order valence-corrected chi connectivity index (χ1v) is 10.1. The van der Waals surface area contributed by atoms with E-state index in [1.807, 2.05) is 12.1 Å². The third-order valence-corrected chi connectivity index (χ3v) is 5.90. The lowest BCUT2D eigenvalue weighted by molar-refractivity contribution is 0.331. The van der Waals surface area contributed by atoms with Crippen LogP contribution in [0.3, 0.4) is 0 Å². The molecule has 1 saturated carbocycles. The number of nitrogens with zero attached hydrogens (tertiary/aromatic N) is 1. The monoisotopic (exact) mass is 425 g/mol. The molecule has 27 heavy (non-hydrogen) atoms. The molecule has 1 saturated heterocycles. The highest BCUT2D eigenvalue weighted by Crippen LogP contribution is 2.41.